The van der Waals surface area contributed by atoms with Crippen molar-refractivity contribution in [2.45, 2.75) is 0 Å². The second-order valence-electron chi connectivity index (χ2n) is 3.59. The molecular weight excluding hydrogens is 220 g/mol. The Morgan fingerprint density at radius 1 is 1.00 bits per heavy atom. The fraction of sp³-hybridized carbons (Fsp3) is 0. The largest absolute Gasteiger partial charge is 0.307 e. The SMILES string of the molecule is Clc1ccc(-c2cccn3ccnc23)cc1. The van der Waals surface area contributed by atoms with Crippen LogP contribution in [-0.2, 0) is 0 Å². The van der Waals surface area contributed by atoms with E-state index in [1.807, 2.05) is 47.1 Å². The fourth-order valence-corrected chi connectivity index (χ4v) is 1.93. The monoisotopic (exact) mass is 228 g/mol. The van der Waals surface area contributed by atoms with Gasteiger partial charge in [-0.2, -0.15) is 0 Å². The molecule has 2 heterocycles. The molecule has 3 rings (SSSR count). The van der Waals surface area contributed by atoms with Crippen molar-refractivity contribution in [3.05, 3.63) is 60.0 Å². The van der Waals surface area contributed by atoms with Crippen LogP contribution in [0.4, 0.5) is 0 Å². The van der Waals surface area contributed by atoms with Gasteiger partial charge in [0.25, 0.3) is 0 Å². The lowest BCUT2D eigenvalue weighted by Crippen LogP contribution is -1.86. The van der Waals surface area contributed by atoms with Gasteiger partial charge in [0.05, 0.1) is 0 Å². The highest BCUT2D eigenvalue weighted by Gasteiger charge is 2.04. The molecular formula is C13H9ClN2. The van der Waals surface area contributed by atoms with Crippen LogP contribution in [0.25, 0.3) is 16.8 Å². The smallest absolute Gasteiger partial charge is 0.144 e. The molecule has 0 saturated heterocycles. The van der Waals surface area contributed by atoms with E-state index in [4.69, 9.17) is 11.6 Å². The summed E-state index contributed by atoms with van der Waals surface area (Å²) in [4.78, 5) is 4.35. The first kappa shape index (κ1) is 9.43. The summed E-state index contributed by atoms with van der Waals surface area (Å²) in [6, 6.07) is 11.9. The van der Waals surface area contributed by atoms with E-state index in [0.717, 1.165) is 21.8 Å². The van der Waals surface area contributed by atoms with Crippen LogP contribution < -0.4 is 0 Å². The molecule has 3 heteroatoms. The van der Waals surface area contributed by atoms with Gasteiger partial charge >= 0.3 is 0 Å². The molecule has 0 amide bonds. The summed E-state index contributed by atoms with van der Waals surface area (Å²) in [6.07, 6.45) is 5.73. The van der Waals surface area contributed by atoms with Gasteiger partial charge in [-0.1, -0.05) is 23.7 Å². The maximum Gasteiger partial charge on any atom is 0.144 e. The molecule has 78 valence electrons. The normalized spacial score (nSPS) is 10.8. The highest BCUT2D eigenvalue weighted by atomic mass is 35.5. The van der Waals surface area contributed by atoms with Gasteiger partial charge in [-0.15, -0.1) is 0 Å². The van der Waals surface area contributed by atoms with E-state index in [2.05, 4.69) is 11.1 Å². The van der Waals surface area contributed by atoms with Crippen LogP contribution in [-0.4, -0.2) is 9.38 Å². The molecule has 16 heavy (non-hydrogen) atoms. The minimum Gasteiger partial charge on any atom is -0.307 e. The maximum atomic E-state index is 5.88. The zero-order valence-corrected chi connectivity index (χ0v) is 9.22. The molecule has 0 fully saturated rings. The Morgan fingerprint density at radius 3 is 2.62 bits per heavy atom. The molecule has 0 spiro atoms. The predicted molar refractivity (Wildman–Crippen MR) is 65.6 cm³/mol. The highest BCUT2D eigenvalue weighted by Crippen LogP contribution is 2.24. The van der Waals surface area contributed by atoms with Crippen LogP contribution in [0.5, 0.6) is 0 Å². The number of benzene rings is 1. The molecule has 0 bridgehead atoms. The number of hydrogen-bond donors (Lipinski definition) is 0. The first-order chi connectivity index (χ1) is 7.84. The first-order valence-electron chi connectivity index (χ1n) is 5.02. The Labute approximate surface area is 98.1 Å². The van der Waals surface area contributed by atoms with Crippen LogP contribution >= 0.6 is 11.6 Å². The molecule has 0 aliphatic heterocycles. The fourth-order valence-electron chi connectivity index (χ4n) is 1.80. The molecule has 1 aromatic carbocycles. The first-order valence-corrected chi connectivity index (χ1v) is 5.40. The number of hydrogen-bond acceptors (Lipinski definition) is 1. The van der Waals surface area contributed by atoms with Crippen LogP contribution in [0.1, 0.15) is 0 Å². The summed E-state index contributed by atoms with van der Waals surface area (Å²) in [7, 11) is 0. The van der Waals surface area contributed by atoms with Gasteiger partial charge < -0.3 is 4.40 Å². The minimum absolute atomic E-state index is 0.749. The van der Waals surface area contributed by atoms with Gasteiger partial charge in [-0.05, 0) is 29.8 Å². The third kappa shape index (κ3) is 1.48. The van der Waals surface area contributed by atoms with Gasteiger partial charge in [0, 0.05) is 29.2 Å². The third-order valence-corrected chi connectivity index (χ3v) is 2.83. The Kier molecular flexibility index (Phi) is 2.15. The predicted octanol–water partition coefficient (Wildman–Crippen LogP) is 3.65. The Bertz CT molecular complexity index is 626. The number of aromatic nitrogens is 2. The van der Waals surface area contributed by atoms with Gasteiger partial charge in [-0.3, -0.25) is 0 Å². The van der Waals surface area contributed by atoms with Crippen LogP contribution in [0, 0.1) is 0 Å². The number of pyridine rings is 1. The third-order valence-electron chi connectivity index (χ3n) is 2.57. The molecule has 0 atom stereocenters. The van der Waals surface area contributed by atoms with E-state index in [9.17, 15) is 0 Å². The van der Waals surface area contributed by atoms with E-state index < -0.39 is 0 Å². The van der Waals surface area contributed by atoms with E-state index in [0.29, 0.717) is 0 Å². The number of imidazole rings is 1. The van der Waals surface area contributed by atoms with E-state index in [-0.39, 0.29) is 0 Å². The summed E-state index contributed by atoms with van der Waals surface area (Å²) < 4.78 is 2.00. The Hall–Kier alpha value is -1.80. The van der Waals surface area contributed by atoms with E-state index >= 15 is 0 Å². The van der Waals surface area contributed by atoms with Crippen molar-refractivity contribution < 1.29 is 0 Å². The van der Waals surface area contributed by atoms with Crippen LogP contribution in [0.2, 0.25) is 5.02 Å². The Balaban J connectivity index is 2.25. The minimum atomic E-state index is 0.749. The summed E-state index contributed by atoms with van der Waals surface area (Å²) >= 11 is 5.88. The zero-order chi connectivity index (χ0) is 11.0. The highest BCUT2D eigenvalue weighted by molar-refractivity contribution is 6.30. The molecule has 0 aliphatic carbocycles. The van der Waals surface area contributed by atoms with Crippen molar-refractivity contribution >= 4 is 17.2 Å². The van der Waals surface area contributed by atoms with Gasteiger partial charge in [0.2, 0.25) is 0 Å². The Morgan fingerprint density at radius 2 is 1.81 bits per heavy atom. The van der Waals surface area contributed by atoms with Crippen molar-refractivity contribution in [2.75, 3.05) is 0 Å². The number of rotatable bonds is 1. The summed E-state index contributed by atoms with van der Waals surface area (Å²) in [5.74, 6) is 0. The zero-order valence-electron chi connectivity index (χ0n) is 8.47. The van der Waals surface area contributed by atoms with Crippen molar-refractivity contribution in [1.82, 2.24) is 9.38 Å². The van der Waals surface area contributed by atoms with Crippen LogP contribution in [0.3, 0.4) is 0 Å². The summed E-state index contributed by atoms with van der Waals surface area (Å²) in [5.41, 5.74) is 3.20. The van der Waals surface area contributed by atoms with Crippen molar-refractivity contribution in [3.63, 3.8) is 0 Å². The molecule has 2 nitrogen and oxygen atoms in total. The molecule has 0 aliphatic rings. The number of nitrogens with zero attached hydrogens (tertiary/aromatic N) is 2. The second-order valence-corrected chi connectivity index (χ2v) is 4.02. The standard InChI is InChI=1S/C13H9ClN2/c14-11-5-3-10(4-6-11)12-2-1-8-16-9-7-15-13(12)16/h1-9H. The number of halogens is 1. The lowest BCUT2D eigenvalue weighted by Gasteiger charge is -2.03. The van der Waals surface area contributed by atoms with Crippen molar-refractivity contribution in [3.8, 4) is 11.1 Å². The van der Waals surface area contributed by atoms with Crippen molar-refractivity contribution in [2.24, 2.45) is 0 Å². The summed E-state index contributed by atoms with van der Waals surface area (Å²) in [5, 5.41) is 0.749. The average Bonchev–Trinajstić information content (AvgIpc) is 2.78. The quantitative estimate of drug-likeness (QED) is 0.621. The van der Waals surface area contributed by atoms with Gasteiger partial charge in [0.15, 0.2) is 0 Å². The van der Waals surface area contributed by atoms with Crippen LogP contribution in [0.15, 0.2) is 55.0 Å². The summed E-state index contributed by atoms with van der Waals surface area (Å²) in [6.45, 7) is 0. The lowest BCUT2D eigenvalue weighted by atomic mass is 10.1. The van der Waals surface area contributed by atoms with Gasteiger partial charge in [0.1, 0.15) is 5.65 Å². The number of fused-ring (bicyclic) bond motifs is 1. The molecule has 0 radical (unpaired) electrons. The molecule has 0 unspecified atom stereocenters. The molecule has 3 aromatic rings. The molecule has 0 saturated carbocycles. The molecule has 2 aromatic heterocycles. The average molecular weight is 229 g/mol. The topological polar surface area (TPSA) is 17.3 Å². The maximum absolute atomic E-state index is 5.88. The van der Waals surface area contributed by atoms with Crippen molar-refractivity contribution in [1.29, 1.82) is 0 Å². The van der Waals surface area contributed by atoms with Gasteiger partial charge in [-0.25, -0.2) is 4.98 Å². The van der Waals surface area contributed by atoms with E-state index in [1.165, 1.54) is 0 Å². The second kappa shape index (κ2) is 3.65. The van der Waals surface area contributed by atoms with E-state index in [1.54, 1.807) is 6.20 Å². The lowest BCUT2D eigenvalue weighted by molar-refractivity contribution is 1.19. The molecule has 0 N–H and O–H groups in total.